The first-order valence-electron chi connectivity index (χ1n) is 9.20. The Balaban J connectivity index is 1.41. The van der Waals surface area contributed by atoms with Gasteiger partial charge >= 0.3 is 0 Å². The number of rotatable bonds is 2. The Bertz CT molecular complexity index is 643. The molecular formula is C19H27F2N3O. The van der Waals surface area contributed by atoms with E-state index < -0.39 is 17.7 Å². The van der Waals surface area contributed by atoms with Crippen LogP contribution < -0.4 is 5.73 Å². The summed E-state index contributed by atoms with van der Waals surface area (Å²) in [4.78, 5) is 4.91. The predicted octanol–water partition coefficient (Wildman–Crippen LogP) is 2.15. The van der Waals surface area contributed by atoms with Gasteiger partial charge < -0.3 is 15.4 Å². The van der Waals surface area contributed by atoms with Crippen molar-refractivity contribution in [3.05, 3.63) is 35.4 Å². The van der Waals surface area contributed by atoms with Crippen LogP contribution in [0.5, 0.6) is 0 Å². The molecule has 3 fully saturated rings. The highest BCUT2D eigenvalue weighted by atomic mass is 19.1. The predicted molar refractivity (Wildman–Crippen MR) is 92.2 cm³/mol. The van der Waals surface area contributed by atoms with Crippen LogP contribution in [0.3, 0.4) is 0 Å². The molecule has 3 heterocycles. The molecule has 2 N–H and O–H groups in total. The second-order valence-corrected chi connectivity index (χ2v) is 8.18. The van der Waals surface area contributed by atoms with E-state index in [9.17, 15) is 8.78 Å². The molecule has 138 valence electrons. The lowest BCUT2D eigenvalue weighted by atomic mass is 9.86. The molecule has 1 aromatic carbocycles. The molecule has 1 spiro atoms. The molecule has 0 radical (unpaired) electrons. The molecule has 0 saturated carbocycles. The standard InChI is InChI=1S/C19H27F2N3O/c1-23-6-4-19(11-23)5-7-24(12-19)14-9-17(22)18(25-10-14)15-8-13(20)2-3-16(15)21/h2-3,8,14,17-18H,4-7,9-12,22H2,1H3. The van der Waals surface area contributed by atoms with Crippen LogP contribution in [0.2, 0.25) is 0 Å². The van der Waals surface area contributed by atoms with Crippen LogP contribution in [0.25, 0.3) is 0 Å². The summed E-state index contributed by atoms with van der Waals surface area (Å²) in [5, 5.41) is 0. The number of likely N-dealkylation sites (tertiary alicyclic amines) is 2. The van der Waals surface area contributed by atoms with Crippen LogP contribution in [0.1, 0.15) is 30.9 Å². The van der Waals surface area contributed by atoms with Crippen molar-refractivity contribution in [2.75, 3.05) is 39.8 Å². The number of hydrogen-bond donors (Lipinski definition) is 1. The molecule has 6 heteroatoms. The molecule has 3 aliphatic rings. The first-order chi connectivity index (χ1) is 12.0. The molecule has 0 aliphatic carbocycles. The number of hydrogen-bond acceptors (Lipinski definition) is 4. The largest absolute Gasteiger partial charge is 0.370 e. The molecule has 0 amide bonds. The van der Waals surface area contributed by atoms with Gasteiger partial charge in [-0.25, -0.2) is 8.78 Å². The number of benzene rings is 1. The van der Waals surface area contributed by atoms with Crippen molar-refractivity contribution in [1.82, 2.24) is 9.80 Å². The highest BCUT2D eigenvalue weighted by Crippen LogP contribution is 2.41. The third-order valence-corrected chi connectivity index (χ3v) is 6.28. The van der Waals surface area contributed by atoms with E-state index in [1.807, 2.05) is 0 Å². The molecule has 0 aromatic heterocycles. The van der Waals surface area contributed by atoms with E-state index in [2.05, 4.69) is 16.8 Å². The minimum atomic E-state index is -0.568. The van der Waals surface area contributed by atoms with Crippen LogP contribution in [0, 0.1) is 17.0 Å². The van der Waals surface area contributed by atoms with Crippen molar-refractivity contribution in [1.29, 1.82) is 0 Å². The molecule has 4 unspecified atom stereocenters. The van der Waals surface area contributed by atoms with Crippen molar-refractivity contribution >= 4 is 0 Å². The van der Waals surface area contributed by atoms with Gasteiger partial charge in [-0.2, -0.15) is 0 Å². The van der Waals surface area contributed by atoms with Crippen molar-refractivity contribution in [2.45, 2.75) is 37.5 Å². The monoisotopic (exact) mass is 351 g/mol. The molecule has 3 saturated heterocycles. The van der Waals surface area contributed by atoms with E-state index in [4.69, 9.17) is 10.5 Å². The van der Waals surface area contributed by atoms with Crippen LogP contribution in [-0.2, 0) is 4.74 Å². The molecule has 25 heavy (non-hydrogen) atoms. The second-order valence-electron chi connectivity index (χ2n) is 8.18. The lowest BCUT2D eigenvalue weighted by Crippen LogP contribution is -2.49. The van der Waals surface area contributed by atoms with Gasteiger partial charge in [0.05, 0.1) is 6.61 Å². The zero-order valence-electron chi connectivity index (χ0n) is 14.8. The van der Waals surface area contributed by atoms with Gasteiger partial charge in [0.1, 0.15) is 17.7 Å². The number of nitrogens with two attached hydrogens (primary N) is 1. The maximum atomic E-state index is 14.0. The Morgan fingerprint density at radius 2 is 2.00 bits per heavy atom. The Labute approximate surface area is 147 Å². The van der Waals surface area contributed by atoms with Gasteiger partial charge in [-0.15, -0.1) is 0 Å². The van der Waals surface area contributed by atoms with E-state index in [1.165, 1.54) is 32.0 Å². The Morgan fingerprint density at radius 3 is 2.72 bits per heavy atom. The summed E-state index contributed by atoms with van der Waals surface area (Å²) in [6.07, 6.45) is 2.68. The van der Waals surface area contributed by atoms with Gasteiger partial charge in [0.25, 0.3) is 0 Å². The average Bonchev–Trinajstić information content (AvgIpc) is 3.16. The first-order valence-corrected chi connectivity index (χ1v) is 9.20. The zero-order chi connectivity index (χ0) is 17.6. The van der Waals surface area contributed by atoms with Crippen LogP contribution in [0.4, 0.5) is 8.78 Å². The summed E-state index contributed by atoms with van der Waals surface area (Å²) in [6, 6.07) is 3.43. The van der Waals surface area contributed by atoms with Gasteiger partial charge in [0, 0.05) is 30.7 Å². The van der Waals surface area contributed by atoms with Crippen LogP contribution >= 0.6 is 0 Å². The maximum Gasteiger partial charge on any atom is 0.129 e. The minimum absolute atomic E-state index is 0.237. The first kappa shape index (κ1) is 17.3. The SMILES string of the molecule is CN1CCC2(CCN(C3COC(c4cc(F)ccc4F)C(N)C3)C2)C1. The summed E-state index contributed by atoms with van der Waals surface area (Å²) < 4.78 is 33.4. The summed E-state index contributed by atoms with van der Waals surface area (Å²) >= 11 is 0. The fourth-order valence-electron chi connectivity index (χ4n) is 4.92. The van der Waals surface area contributed by atoms with Crippen LogP contribution in [0.15, 0.2) is 18.2 Å². The summed E-state index contributed by atoms with van der Waals surface area (Å²) in [6.45, 7) is 5.04. The quantitative estimate of drug-likeness (QED) is 0.887. The molecular weight excluding hydrogens is 324 g/mol. The minimum Gasteiger partial charge on any atom is -0.370 e. The molecule has 1 aromatic rings. The zero-order valence-corrected chi connectivity index (χ0v) is 14.8. The Kier molecular flexibility index (Phi) is 4.56. The Hall–Kier alpha value is -1.08. The molecule has 0 bridgehead atoms. The van der Waals surface area contributed by atoms with E-state index in [-0.39, 0.29) is 17.6 Å². The van der Waals surface area contributed by atoms with Gasteiger partial charge in [0.15, 0.2) is 0 Å². The fraction of sp³-hybridized carbons (Fsp3) is 0.684. The van der Waals surface area contributed by atoms with Crippen molar-refractivity contribution in [3.8, 4) is 0 Å². The van der Waals surface area contributed by atoms with Crippen molar-refractivity contribution in [2.24, 2.45) is 11.1 Å². The second kappa shape index (κ2) is 6.58. The lowest BCUT2D eigenvalue weighted by Gasteiger charge is -2.39. The molecule has 3 aliphatic heterocycles. The van der Waals surface area contributed by atoms with Gasteiger partial charge in [0.2, 0.25) is 0 Å². The third kappa shape index (κ3) is 3.33. The van der Waals surface area contributed by atoms with Gasteiger partial charge in [-0.1, -0.05) is 0 Å². The van der Waals surface area contributed by atoms with E-state index in [1.54, 1.807) is 0 Å². The summed E-state index contributed by atoms with van der Waals surface area (Å²) in [5.41, 5.74) is 6.96. The van der Waals surface area contributed by atoms with Crippen molar-refractivity contribution in [3.63, 3.8) is 0 Å². The van der Waals surface area contributed by atoms with Gasteiger partial charge in [-0.3, -0.25) is 4.90 Å². The number of ether oxygens (including phenoxy) is 1. The topological polar surface area (TPSA) is 41.7 Å². The molecule has 4 nitrogen and oxygen atoms in total. The highest BCUT2D eigenvalue weighted by molar-refractivity contribution is 5.23. The van der Waals surface area contributed by atoms with E-state index in [0.29, 0.717) is 12.0 Å². The average molecular weight is 351 g/mol. The maximum absolute atomic E-state index is 14.0. The summed E-state index contributed by atoms with van der Waals surface area (Å²) in [5.74, 6) is -0.907. The van der Waals surface area contributed by atoms with E-state index in [0.717, 1.165) is 31.6 Å². The number of halogens is 2. The smallest absolute Gasteiger partial charge is 0.129 e. The molecule has 4 rings (SSSR count). The highest BCUT2D eigenvalue weighted by Gasteiger charge is 2.45. The normalized spacial score (nSPS) is 37.2. The molecule has 4 atom stereocenters. The number of nitrogens with zero attached hydrogens (tertiary/aromatic N) is 2. The van der Waals surface area contributed by atoms with Crippen molar-refractivity contribution < 1.29 is 13.5 Å². The lowest BCUT2D eigenvalue weighted by molar-refractivity contribution is -0.0488. The third-order valence-electron chi connectivity index (χ3n) is 6.28. The van der Waals surface area contributed by atoms with E-state index >= 15 is 0 Å². The summed E-state index contributed by atoms with van der Waals surface area (Å²) in [7, 11) is 2.19. The fourth-order valence-corrected chi connectivity index (χ4v) is 4.92. The Morgan fingerprint density at radius 1 is 1.20 bits per heavy atom. The van der Waals surface area contributed by atoms with Gasteiger partial charge in [-0.05, 0) is 63.0 Å². The van der Waals surface area contributed by atoms with Crippen LogP contribution in [-0.4, -0.2) is 61.7 Å².